The molecule has 193 valence electrons. The van der Waals surface area contributed by atoms with Gasteiger partial charge in [0, 0.05) is 56.2 Å². The third-order valence-electron chi connectivity index (χ3n) is 6.76. The number of benzene rings is 2. The second-order valence-corrected chi connectivity index (χ2v) is 9.61. The van der Waals surface area contributed by atoms with Crippen molar-refractivity contribution >= 4 is 21.9 Å². The van der Waals surface area contributed by atoms with Crippen molar-refractivity contribution in [1.29, 1.82) is 0 Å². The molecule has 4 heterocycles. The first-order valence-corrected chi connectivity index (χ1v) is 12.3. The molecule has 0 saturated heterocycles. The van der Waals surface area contributed by atoms with E-state index in [1.54, 1.807) is 6.26 Å². The zero-order chi connectivity index (χ0) is 26.1. The van der Waals surface area contributed by atoms with Gasteiger partial charge in [-0.15, -0.1) is 41.0 Å². The Morgan fingerprint density at radius 1 is 0.763 bits per heavy atom. The first kappa shape index (κ1) is 27.4. The van der Waals surface area contributed by atoms with Crippen LogP contribution in [0.25, 0.3) is 44.4 Å². The molecule has 2 aromatic carbocycles. The summed E-state index contributed by atoms with van der Waals surface area (Å²) in [6, 6.07) is 21.0. The predicted molar refractivity (Wildman–Crippen MR) is 151 cm³/mol. The molecule has 6 rings (SSSR count). The molecule has 0 spiro atoms. The molecule has 4 nitrogen and oxygen atoms in total. The zero-order valence-corrected chi connectivity index (χ0v) is 24.8. The van der Waals surface area contributed by atoms with Crippen LogP contribution in [-0.2, 0) is 20.1 Å². The van der Waals surface area contributed by atoms with E-state index in [1.807, 2.05) is 43.7 Å². The van der Waals surface area contributed by atoms with Gasteiger partial charge in [0.25, 0.3) is 0 Å². The van der Waals surface area contributed by atoms with Crippen LogP contribution in [0.4, 0.5) is 0 Å². The van der Waals surface area contributed by atoms with E-state index < -0.39 is 0 Å². The van der Waals surface area contributed by atoms with Gasteiger partial charge in [0.05, 0.1) is 5.58 Å². The number of hydrogen-bond donors (Lipinski definition) is 0. The number of pyridine rings is 3. The fraction of sp³-hybridized carbons (Fsp3) is 0.182. The normalized spacial score (nSPS) is 10.7. The Hall–Kier alpha value is -3.66. The van der Waals surface area contributed by atoms with Crippen molar-refractivity contribution in [2.24, 2.45) is 0 Å². The van der Waals surface area contributed by atoms with Crippen molar-refractivity contribution in [1.82, 2.24) is 15.0 Å². The maximum Gasteiger partial charge on any atom is 0.0847 e. The molecule has 38 heavy (non-hydrogen) atoms. The van der Waals surface area contributed by atoms with Crippen molar-refractivity contribution in [3.05, 3.63) is 113 Å². The van der Waals surface area contributed by atoms with E-state index in [-0.39, 0.29) is 20.1 Å². The van der Waals surface area contributed by atoms with E-state index in [2.05, 4.69) is 86.0 Å². The Kier molecular flexibility index (Phi) is 8.20. The molecule has 5 heteroatoms. The molecule has 4 aromatic heterocycles. The van der Waals surface area contributed by atoms with Gasteiger partial charge in [-0.1, -0.05) is 65.6 Å². The third-order valence-corrected chi connectivity index (χ3v) is 6.76. The van der Waals surface area contributed by atoms with Crippen molar-refractivity contribution in [2.45, 2.75) is 41.5 Å². The molecule has 0 aliphatic rings. The SMILES string of the molecule is Cc1c[c-]c(-c2cc(C)c(C)cn2)cc1C.Cc1cnc2c(c1)c(-c1ncccc1C)[c-]c1ccoc12.[Ir]. The maximum absolute atomic E-state index is 5.58. The molecule has 1 radical (unpaired) electrons. The Bertz CT molecular complexity index is 1700. The van der Waals surface area contributed by atoms with Crippen LogP contribution in [-0.4, -0.2) is 15.0 Å². The van der Waals surface area contributed by atoms with E-state index in [9.17, 15) is 0 Å². The molecule has 0 unspecified atom stereocenters. The van der Waals surface area contributed by atoms with Gasteiger partial charge in [-0.3, -0.25) is 9.97 Å². The fourth-order valence-corrected chi connectivity index (χ4v) is 4.26. The maximum atomic E-state index is 5.58. The monoisotopic (exact) mass is 676 g/mol. The average molecular weight is 676 g/mol. The van der Waals surface area contributed by atoms with Gasteiger partial charge < -0.3 is 9.40 Å². The average Bonchev–Trinajstić information content (AvgIpc) is 3.36. The molecule has 0 amide bonds. The fourth-order valence-electron chi connectivity index (χ4n) is 4.26. The zero-order valence-electron chi connectivity index (χ0n) is 22.4. The largest absolute Gasteiger partial charge is 0.506 e. The van der Waals surface area contributed by atoms with Crippen LogP contribution in [0.1, 0.15) is 33.4 Å². The second kappa shape index (κ2) is 11.4. The van der Waals surface area contributed by atoms with Gasteiger partial charge in [0.15, 0.2) is 0 Å². The Labute approximate surface area is 237 Å². The number of furan rings is 1. The molecule has 6 aromatic rings. The molecule has 0 N–H and O–H groups in total. The van der Waals surface area contributed by atoms with E-state index >= 15 is 0 Å². The molecule has 0 fully saturated rings. The van der Waals surface area contributed by atoms with Gasteiger partial charge in [-0.05, 0) is 50.6 Å². The number of hydrogen-bond acceptors (Lipinski definition) is 4. The van der Waals surface area contributed by atoms with Gasteiger partial charge in [-0.2, -0.15) is 0 Å². The summed E-state index contributed by atoms with van der Waals surface area (Å²) in [6.45, 7) is 12.5. The van der Waals surface area contributed by atoms with Crippen LogP contribution in [0.2, 0.25) is 0 Å². The summed E-state index contributed by atoms with van der Waals surface area (Å²) in [6.07, 6.45) is 7.27. The van der Waals surface area contributed by atoms with E-state index in [4.69, 9.17) is 4.42 Å². The minimum atomic E-state index is 0. The molecule has 0 bridgehead atoms. The molecular weight excluding hydrogens is 647 g/mol. The summed E-state index contributed by atoms with van der Waals surface area (Å²) in [5.41, 5.74) is 12.9. The van der Waals surface area contributed by atoms with Crippen molar-refractivity contribution < 1.29 is 24.5 Å². The van der Waals surface area contributed by atoms with E-state index in [0.717, 1.165) is 55.5 Å². The van der Waals surface area contributed by atoms with Crippen LogP contribution < -0.4 is 0 Å². The summed E-state index contributed by atoms with van der Waals surface area (Å²) in [4.78, 5) is 13.5. The Balaban J connectivity index is 0.000000179. The first-order valence-electron chi connectivity index (χ1n) is 12.3. The molecule has 0 atom stereocenters. The quantitative estimate of drug-likeness (QED) is 0.174. The van der Waals surface area contributed by atoms with Gasteiger partial charge >= 0.3 is 0 Å². The topological polar surface area (TPSA) is 51.8 Å². The van der Waals surface area contributed by atoms with E-state index in [0.29, 0.717) is 0 Å². The Morgan fingerprint density at radius 3 is 2.29 bits per heavy atom. The van der Waals surface area contributed by atoms with Gasteiger partial charge in [0.2, 0.25) is 0 Å². The van der Waals surface area contributed by atoms with Gasteiger partial charge in [-0.25, -0.2) is 0 Å². The minimum absolute atomic E-state index is 0. The van der Waals surface area contributed by atoms with Crippen molar-refractivity contribution in [2.75, 3.05) is 0 Å². The Morgan fingerprint density at radius 2 is 1.55 bits per heavy atom. The van der Waals surface area contributed by atoms with Crippen LogP contribution in [0.3, 0.4) is 0 Å². The standard InChI is InChI=1S/C18H13N2O.C15H16N.Ir/c1-11-8-14-15(16-12(2)4-3-6-19-16)9-13-5-7-21-18(13)17(14)20-10-11;1-10-5-6-14(7-11(10)2)15-8-12(3)13(4)9-16-15;/h3-8,10H,1-2H3;5,7-9H,1-4H3;/q2*-1;. The second-order valence-electron chi connectivity index (χ2n) is 9.61. The molecular formula is C33H29IrN3O-2. The minimum Gasteiger partial charge on any atom is -0.506 e. The number of fused-ring (bicyclic) bond motifs is 3. The van der Waals surface area contributed by atoms with Crippen LogP contribution in [0.15, 0.2) is 71.7 Å². The van der Waals surface area contributed by atoms with Crippen LogP contribution in [0, 0.1) is 53.7 Å². The number of nitrogens with zero attached hydrogens (tertiary/aromatic N) is 3. The molecule has 0 aliphatic heterocycles. The van der Waals surface area contributed by atoms with Crippen molar-refractivity contribution in [3.8, 4) is 22.5 Å². The summed E-state index contributed by atoms with van der Waals surface area (Å²) < 4.78 is 5.58. The van der Waals surface area contributed by atoms with E-state index in [1.165, 1.54) is 22.3 Å². The number of aryl methyl sites for hydroxylation is 6. The molecule has 0 aliphatic carbocycles. The molecule has 0 saturated carbocycles. The summed E-state index contributed by atoms with van der Waals surface area (Å²) >= 11 is 0. The number of rotatable bonds is 2. The third kappa shape index (κ3) is 5.45. The summed E-state index contributed by atoms with van der Waals surface area (Å²) in [7, 11) is 0. The first-order chi connectivity index (χ1) is 17.8. The van der Waals surface area contributed by atoms with Crippen molar-refractivity contribution in [3.63, 3.8) is 0 Å². The van der Waals surface area contributed by atoms with Gasteiger partial charge in [0.1, 0.15) is 0 Å². The predicted octanol–water partition coefficient (Wildman–Crippen LogP) is 8.24. The van der Waals surface area contributed by atoms with Crippen LogP contribution >= 0.6 is 0 Å². The smallest absolute Gasteiger partial charge is 0.0847 e. The number of aromatic nitrogens is 3. The summed E-state index contributed by atoms with van der Waals surface area (Å²) in [5.74, 6) is 0. The van der Waals surface area contributed by atoms with Crippen LogP contribution in [0.5, 0.6) is 0 Å². The summed E-state index contributed by atoms with van der Waals surface area (Å²) in [5, 5.41) is 1.96.